The second kappa shape index (κ2) is 32.0. The number of halogens is 6. The molecule has 0 bridgehead atoms. The third kappa shape index (κ3) is 21.3. The maximum atomic E-state index is 12.2. The van der Waals surface area contributed by atoms with Gasteiger partial charge in [0.05, 0.1) is 99.0 Å². The third-order valence-corrected chi connectivity index (χ3v) is 15.3. The number of Topliss-reactive ketones (excluding diaryl/α,β-unsaturated/α-hetero) is 3. The highest BCUT2D eigenvalue weighted by Crippen LogP contribution is 2.25. The van der Waals surface area contributed by atoms with Gasteiger partial charge in [-0.3, -0.25) is 14.4 Å². The van der Waals surface area contributed by atoms with Crippen molar-refractivity contribution in [3.63, 3.8) is 0 Å². The maximum absolute atomic E-state index is 12.2. The van der Waals surface area contributed by atoms with Crippen LogP contribution in [0.2, 0.25) is 28.5 Å². The Morgan fingerprint density at radius 3 is 1.37 bits per heavy atom. The SMILES string of the molecule is C#CCCC(=O)c1ccc(Cl)s1.CN1CCCN(c2ccc(-n3cc(CCC(=O)c4ccc(Cl)s4)nn3)cn2)CC1.Nc1ccc(Cl)nc1.Nc1ccc(Cl)nc1.O=C(CCc1cn(-c2ccc(Cl)nc2)nn1)c1ccc(Cl)s1. The lowest BCUT2D eigenvalue weighted by Gasteiger charge is -2.21. The first-order valence-electron chi connectivity index (χ1n) is 23.9. The zero-order valence-electron chi connectivity index (χ0n) is 42.1. The van der Waals surface area contributed by atoms with Crippen molar-refractivity contribution in [2.45, 2.75) is 44.9 Å². The minimum absolute atomic E-state index is 0.0552. The highest BCUT2D eigenvalue weighted by molar-refractivity contribution is 7.18. The molecule has 0 spiro atoms. The molecule has 1 saturated heterocycles. The van der Waals surface area contributed by atoms with Gasteiger partial charge < -0.3 is 21.3 Å². The molecular formula is C53H50Cl6N14O3S3. The Hall–Kier alpha value is -6.35. The Balaban J connectivity index is 0.000000176. The first kappa shape index (κ1) is 61.9. The molecule has 0 atom stereocenters. The summed E-state index contributed by atoms with van der Waals surface area (Å²) in [5, 5.41) is 17.8. The molecule has 79 heavy (non-hydrogen) atoms. The molecule has 0 unspecified atom stereocenters. The highest BCUT2D eigenvalue weighted by Gasteiger charge is 2.16. The molecular weight excluding hydrogens is 1190 g/mol. The molecule has 410 valence electrons. The number of terminal acetylenes is 1. The third-order valence-electron chi connectivity index (χ3n) is 10.9. The number of thiophene rings is 3. The van der Waals surface area contributed by atoms with E-state index in [2.05, 4.69) is 63.3 Å². The summed E-state index contributed by atoms with van der Waals surface area (Å²) in [6, 6.07) is 24.7. The number of aromatic nitrogens is 10. The standard InChI is InChI=1S/C20H23ClN6OS.C14H10Cl2N4OS.C9H7ClOS.2C5H5ClN2/c1-25-9-2-10-26(12-11-25)20-8-4-16(13-22-20)27-14-15(23-24-27)3-5-17(28)18-6-7-19(21)29-18;15-13-5-2-10(7-17-13)20-8-9(18-19-20)1-3-11(21)12-4-6-14(16)22-12;1-2-3-4-7(11)8-5-6-9(10)12-8;2*6-5-2-1-4(7)3-8-5/h4,6-8,13-14H,2-3,5,9-12H2,1H3;2,4-8H,1,3H2;1,5-6H,3-4H2;2*1-3H,7H2. The fraction of sp³-hybridized carbons (Fsp3) is 0.226. The number of nitrogens with zero attached hydrogens (tertiary/aromatic N) is 12. The number of carbonyl (C=O) groups excluding carboxylic acids is 3. The van der Waals surface area contributed by atoms with Crippen LogP contribution in [0.3, 0.4) is 0 Å². The van der Waals surface area contributed by atoms with Crippen LogP contribution in [0, 0.1) is 12.3 Å². The van der Waals surface area contributed by atoms with Crippen molar-refractivity contribution >= 4 is 138 Å². The van der Waals surface area contributed by atoms with Gasteiger partial charge in [-0.15, -0.1) is 56.6 Å². The molecule has 10 heterocycles. The first-order chi connectivity index (χ1) is 38.0. The first-order valence-corrected chi connectivity index (χ1v) is 28.6. The maximum Gasteiger partial charge on any atom is 0.173 e. The van der Waals surface area contributed by atoms with E-state index in [1.54, 1.807) is 94.6 Å². The number of carbonyl (C=O) groups is 3. The van der Waals surface area contributed by atoms with E-state index in [0.717, 1.165) is 61.2 Å². The van der Waals surface area contributed by atoms with Crippen LogP contribution in [0.25, 0.3) is 11.4 Å². The molecule has 1 fully saturated rings. The molecule has 17 nitrogen and oxygen atoms in total. The smallest absolute Gasteiger partial charge is 0.173 e. The number of ketones is 3. The zero-order valence-corrected chi connectivity index (χ0v) is 49.1. The lowest BCUT2D eigenvalue weighted by Crippen LogP contribution is -2.29. The van der Waals surface area contributed by atoms with E-state index in [-0.39, 0.29) is 17.3 Å². The molecule has 26 heteroatoms. The van der Waals surface area contributed by atoms with Gasteiger partial charge in [0.1, 0.15) is 21.3 Å². The fourth-order valence-electron chi connectivity index (χ4n) is 6.76. The van der Waals surface area contributed by atoms with E-state index < -0.39 is 0 Å². The average molecular weight is 1240 g/mol. The van der Waals surface area contributed by atoms with Crippen LogP contribution in [0.4, 0.5) is 17.2 Å². The summed E-state index contributed by atoms with van der Waals surface area (Å²) in [4.78, 5) is 58.3. The van der Waals surface area contributed by atoms with Gasteiger partial charge in [-0.1, -0.05) is 80.0 Å². The number of pyridine rings is 4. The van der Waals surface area contributed by atoms with Crippen LogP contribution in [-0.2, 0) is 12.8 Å². The molecule has 0 saturated carbocycles. The van der Waals surface area contributed by atoms with Gasteiger partial charge in [0.25, 0.3) is 0 Å². The van der Waals surface area contributed by atoms with E-state index in [1.807, 2.05) is 24.5 Å². The van der Waals surface area contributed by atoms with Gasteiger partial charge in [-0.25, -0.2) is 29.3 Å². The Morgan fingerprint density at radius 1 is 0.544 bits per heavy atom. The molecule has 4 N–H and O–H groups in total. The molecule has 0 radical (unpaired) electrons. The quantitative estimate of drug-likeness (QED) is 0.0587. The minimum Gasteiger partial charge on any atom is -0.397 e. The van der Waals surface area contributed by atoms with Crippen LogP contribution in [-0.4, -0.2) is 105 Å². The Morgan fingerprint density at radius 2 is 0.987 bits per heavy atom. The van der Waals surface area contributed by atoms with E-state index >= 15 is 0 Å². The Kier molecular flexibility index (Phi) is 25.1. The van der Waals surface area contributed by atoms with Crippen LogP contribution in [0.15, 0.2) is 122 Å². The number of anilines is 3. The number of hydrogen-bond acceptors (Lipinski definition) is 18. The predicted octanol–water partition coefficient (Wildman–Crippen LogP) is 12.8. The summed E-state index contributed by atoms with van der Waals surface area (Å²) in [6.07, 6.45) is 19.0. The van der Waals surface area contributed by atoms with Crippen molar-refractivity contribution in [1.29, 1.82) is 0 Å². The van der Waals surface area contributed by atoms with E-state index in [0.29, 0.717) is 93.0 Å². The molecule has 1 aliphatic rings. The van der Waals surface area contributed by atoms with Gasteiger partial charge in [0.15, 0.2) is 17.3 Å². The number of hydrogen-bond donors (Lipinski definition) is 2. The lowest BCUT2D eigenvalue weighted by atomic mass is 10.1. The summed E-state index contributed by atoms with van der Waals surface area (Å²) in [5.41, 5.74) is 15.0. The van der Waals surface area contributed by atoms with Crippen molar-refractivity contribution in [2.24, 2.45) is 0 Å². The average Bonchev–Trinajstić information content (AvgIpc) is 4.33. The second-order valence-electron chi connectivity index (χ2n) is 16.8. The van der Waals surface area contributed by atoms with E-state index in [1.165, 1.54) is 46.4 Å². The molecule has 0 amide bonds. The van der Waals surface area contributed by atoms with Gasteiger partial charge in [0.2, 0.25) is 0 Å². The molecule has 9 aromatic rings. The number of nitrogen functional groups attached to an aromatic ring is 2. The topological polar surface area (TPSA) is 223 Å². The molecule has 0 aromatic carbocycles. The number of rotatable bonds is 14. The monoisotopic (exact) mass is 1240 g/mol. The van der Waals surface area contributed by atoms with Crippen molar-refractivity contribution in [1.82, 2.24) is 54.8 Å². The summed E-state index contributed by atoms with van der Waals surface area (Å²) in [6.45, 7) is 4.18. The van der Waals surface area contributed by atoms with E-state index in [9.17, 15) is 14.4 Å². The van der Waals surface area contributed by atoms with Gasteiger partial charge in [-0.2, -0.15) is 0 Å². The van der Waals surface area contributed by atoms with E-state index in [4.69, 9.17) is 87.5 Å². The molecule has 1 aliphatic heterocycles. The van der Waals surface area contributed by atoms with Crippen molar-refractivity contribution in [2.75, 3.05) is 49.6 Å². The van der Waals surface area contributed by atoms with Crippen molar-refractivity contribution in [3.05, 3.63) is 177 Å². The number of nitrogens with two attached hydrogens (primary N) is 2. The molecule has 9 aromatic heterocycles. The van der Waals surface area contributed by atoms with Crippen molar-refractivity contribution < 1.29 is 14.4 Å². The number of aryl methyl sites for hydroxylation is 2. The minimum atomic E-state index is 0.0552. The molecule has 10 rings (SSSR count). The van der Waals surface area contributed by atoms with Gasteiger partial charge in [0, 0.05) is 58.2 Å². The van der Waals surface area contributed by atoms with Gasteiger partial charge >= 0.3 is 0 Å². The summed E-state index contributed by atoms with van der Waals surface area (Å²) in [7, 11) is 2.16. The zero-order chi connectivity index (χ0) is 56.7. The molecule has 0 aliphatic carbocycles. The van der Waals surface area contributed by atoms with Crippen molar-refractivity contribution in [3.8, 4) is 23.7 Å². The highest BCUT2D eigenvalue weighted by atomic mass is 35.5. The Labute approximate surface area is 498 Å². The van der Waals surface area contributed by atoms with Crippen LogP contribution in [0.5, 0.6) is 0 Å². The Bertz CT molecular complexity index is 3300. The summed E-state index contributed by atoms with van der Waals surface area (Å²) >= 11 is 37.9. The van der Waals surface area contributed by atoms with Crippen LogP contribution in [0.1, 0.15) is 72.5 Å². The largest absolute Gasteiger partial charge is 0.397 e. The van der Waals surface area contributed by atoms with Crippen LogP contribution < -0.4 is 16.4 Å². The second-order valence-corrected chi connectivity index (χ2v) is 23.1. The fourth-order valence-corrected chi connectivity index (χ4v) is 10.1. The normalized spacial score (nSPS) is 11.9. The lowest BCUT2D eigenvalue weighted by molar-refractivity contribution is 0.0978. The number of likely N-dealkylation sites (N-methyl/N-ethyl adjacent to an activating group) is 1. The predicted molar refractivity (Wildman–Crippen MR) is 321 cm³/mol. The summed E-state index contributed by atoms with van der Waals surface area (Å²) in [5.74, 6) is 3.62. The van der Waals surface area contributed by atoms with Crippen LogP contribution >= 0.6 is 104 Å². The van der Waals surface area contributed by atoms with Gasteiger partial charge in [-0.05, 0) is 105 Å². The summed E-state index contributed by atoms with van der Waals surface area (Å²) < 4.78 is 5.19.